The standard InChI is InChI=1S/C30H46N4O6/c1-29(2,3)39-27(37)33-23-16-9-7-14-21(23)31-25(35)19-12-11-13-20(18-19)26(36)32-22-15-8-10-17-24(22)34-28(38)40-30(4,5)6/h11-13,18,21-24H,7-10,14-17H2,1-6H3,(H,31,35)(H,32,36)(H,33,37)(H,34,38)/t21-,22-,23-,24-/m1/s1. The Morgan fingerprint density at radius 2 is 0.925 bits per heavy atom. The van der Waals surface area contributed by atoms with Gasteiger partial charge in [0.25, 0.3) is 11.8 Å². The van der Waals surface area contributed by atoms with Crippen molar-refractivity contribution in [3.05, 3.63) is 35.4 Å². The normalized spacial score (nSPS) is 23.4. The molecule has 2 aliphatic carbocycles. The SMILES string of the molecule is CC(C)(C)OC(=O)N[C@@H]1CCCC[C@H]1NC(=O)c1cccc(C(=O)N[C@@H]2CCCC[C@H]2NC(=O)OC(C)(C)C)c1. The maximum absolute atomic E-state index is 13.2. The van der Waals surface area contributed by atoms with Gasteiger partial charge in [-0.1, -0.05) is 31.7 Å². The number of amides is 4. The number of ether oxygens (including phenoxy) is 2. The molecule has 2 fully saturated rings. The maximum Gasteiger partial charge on any atom is 0.407 e. The molecule has 10 heteroatoms. The number of alkyl carbamates (subject to hydrolysis) is 2. The van der Waals surface area contributed by atoms with Crippen molar-refractivity contribution < 1.29 is 28.7 Å². The van der Waals surface area contributed by atoms with Crippen molar-refractivity contribution in [3.8, 4) is 0 Å². The van der Waals surface area contributed by atoms with E-state index in [0.29, 0.717) is 11.1 Å². The van der Waals surface area contributed by atoms with E-state index in [0.717, 1.165) is 51.4 Å². The number of carbonyl (C=O) groups excluding carboxylic acids is 4. The molecule has 40 heavy (non-hydrogen) atoms. The van der Waals surface area contributed by atoms with Crippen molar-refractivity contribution in [2.75, 3.05) is 0 Å². The second-order valence-electron chi connectivity index (χ2n) is 12.8. The van der Waals surface area contributed by atoms with Crippen LogP contribution in [-0.2, 0) is 9.47 Å². The number of benzene rings is 1. The van der Waals surface area contributed by atoms with Crippen LogP contribution in [-0.4, -0.2) is 59.4 Å². The lowest BCUT2D eigenvalue weighted by atomic mass is 9.90. The Labute approximate surface area is 237 Å². The van der Waals surface area contributed by atoms with E-state index in [-0.39, 0.29) is 36.0 Å². The molecule has 4 N–H and O–H groups in total. The van der Waals surface area contributed by atoms with Gasteiger partial charge in [-0.3, -0.25) is 9.59 Å². The van der Waals surface area contributed by atoms with Gasteiger partial charge < -0.3 is 30.7 Å². The predicted octanol–water partition coefficient (Wildman–Crippen LogP) is 4.82. The molecular formula is C30H46N4O6. The van der Waals surface area contributed by atoms with Gasteiger partial charge in [0.05, 0.1) is 12.1 Å². The highest BCUT2D eigenvalue weighted by molar-refractivity contribution is 6.00. The van der Waals surface area contributed by atoms with E-state index in [1.807, 2.05) is 41.5 Å². The van der Waals surface area contributed by atoms with Crippen LogP contribution in [0.1, 0.15) is 114 Å². The van der Waals surface area contributed by atoms with E-state index in [9.17, 15) is 19.2 Å². The number of carbonyl (C=O) groups is 4. The first-order valence-electron chi connectivity index (χ1n) is 14.4. The molecule has 0 bridgehead atoms. The monoisotopic (exact) mass is 558 g/mol. The zero-order valence-electron chi connectivity index (χ0n) is 24.7. The van der Waals surface area contributed by atoms with Crippen molar-refractivity contribution in [2.45, 2.75) is 128 Å². The molecule has 1 aromatic rings. The Bertz CT molecular complexity index is 982. The summed E-state index contributed by atoms with van der Waals surface area (Å²) < 4.78 is 10.8. The van der Waals surface area contributed by atoms with Crippen LogP contribution in [0, 0.1) is 0 Å². The second kappa shape index (κ2) is 13.4. The molecule has 1 aromatic carbocycles. The van der Waals surface area contributed by atoms with Crippen LogP contribution in [0.15, 0.2) is 24.3 Å². The number of hydrogen-bond donors (Lipinski definition) is 4. The molecule has 10 nitrogen and oxygen atoms in total. The zero-order valence-corrected chi connectivity index (χ0v) is 24.7. The summed E-state index contributed by atoms with van der Waals surface area (Å²) in [5.41, 5.74) is -0.494. The molecule has 0 aromatic heterocycles. The minimum Gasteiger partial charge on any atom is -0.444 e. The fourth-order valence-corrected chi connectivity index (χ4v) is 5.18. The van der Waals surface area contributed by atoms with E-state index in [2.05, 4.69) is 21.3 Å². The van der Waals surface area contributed by atoms with Gasteiger partial charge in [0.15, 0.2) is 0 Å². The molecular weight excluding hydrogens is 512 g/mol. The van der Waals surface area contributed by atoms with Gasteiger partial charge in [-0.25, -0.2) is 9.59 Å². The fourth-order valence-electron chi connectivity index (χ4n) is 5.18. The van der Waals surface area contributed by atoms with Gasteiger partial charge in [-0.2, -0.15) is 0 Å². The van der Waals surface area contributed by atoms with Crippen LogP contribution < -0.4 is 21.3 Å². The second-order valence-corrected chi connectivity index (χ2v) is 12.8. The van der Waals surface area contributed by atoms with Gasteiger partial charge in [0, 0.05) is 23.2 Å². The summed E-state index contributed by atoms with van der Waals surface area (Å²) in [7, 11) is 0. The van der Waals surface area contributed by atoms with Gasteiger partial charge in [-0.05, 0) is 85.4 Å². The number of nitrogens with one attached hydrogen (secondary N) is 4. The highest BCUT2D eigenvalue weighted by Gasteiger charge is 2.31. The fraction of sp³-hybridized carbons (Fsp3) is 0.667. The zero-order chi connectivity index (χ0) is 29.5. The molecule has 2 saturated carbocycles. The Hall–Kier alpha value is -3.30. The third-order valence-electron chi connectivity index (χ3n) is 6.96. The average molecular weight is 559 g/mol. The lowest BCUT2D eigenvalue weighted by Gasteiger charge is -2.33. The summed E-state index contributed by atoms with van der Waals surface area (Å²) in [5, 5.41) is 11.9. The molecule has 222 valence electrons. The smallest absolute Gasteiger partial charge is 0.407 e. The molecule has 0 heterocycles. The minimum atomic E-state index is -0.609. The van der Waals surface area contributed by atoms with E-state index in [1.54, 1.807) is 24.3 Å². The molecule has 3 rings (SSSR count). The van der Waals surface area contributed by atoms with Crippen LogP contribution in [0.5, 0.6) is 0 Å². The van der Waals surface area contributed by atoms with Gasteiger partial charge in [-0.15, -0.1) is 0 Å². The van der Waals surface area contributed by atoms with E-state index >= 15 is 0 Å². The quantitative estimate of drug-likeness (QED) is 0.396. The van der Waals surface area contributed by atoms with Gasteiger partial charge in [0.2, 0.25) is 0 Å². The van der Waals surface area contributed by atoms with Crippen molar-refractivity contribution in [1.29, 1.82) is 0 Å². The van der Waals surface area contributed by atoms with Crippen LogP contribution in [0.2, 0.25) is 0 Å². The molecule has 2 aliphatic rings. The summed E-state index contributed by atoms with van der Waals surface area (Å²) in [6, 6.07) is 5.62. The van der Waals surface area contributed by atoms with E-state index < -0.39 is 23.4 Å². The third-order valence-corrected chi connectivity index (χ3v) is 6.96. The molecule has 0 unspecified atom stereocenters. The average Bonchev–Trinajstić information content (AvgIpc) is 2.84. The predicted molar refractivity (Wildman–Crippen MR) is 152 cm³/mol. The largest absolute Gasteiger partial charge is 0.444 e. The first-order chi connectivity index (χ1) is 18.7. The molecule has 0 aliphatic heterocycles. The summed E-state index contributed by atoms with van der Waals surface area (Å²) in [6.45, 7) is 10.8. The number of hydrogen-bond acceptors (Lipinski definition) is 6. The Morgan fingerprint density at radius 3 is 1.25 bits per heavy atom. The molecule has 0 spiro atoms. The minimum absolute atomic E-state index is 0.236. The molecule has 4 atom stereocenters. The van der Waals surface area contributed by atoms with Crippen molar-refractivity contribution in [1.82, 2.24) is 21.3 Å². The van der Waals surface area contributed by atoms with Crippen molar-refractivity contribution in [2.24, 2.45) is 0 Å². The van der Waals surface area contributed by atoms with E-state index in [4.69, 9.17) is 9.47 Å². The lowest BCUT2D eigenvalue weighted by Crippen LogP contribution is -2.54. The summed E-state index contributed by atoms with van der Waals surface area (Å²) >= 11 is 0. The Morgan fingerprint density at radius 1 is 0.600 bits per heavy atom. The Kier molecular flexibility index (Phi) is 10.4. The molecule has 0 saturated heterocycles. The van der Waals surface area contributed by atoms with Crippen molar-refractivity contribution >= 4 is 24.0 Å². The summed E-state index contributed by atoms with van der Waals surface area (Å²) in [6.07, 6.45) is 5.75. The third kappa shape index (κ3) is 10.0. The summed E-state index contributed by atoms with van der Waals surface area (Å²) in [5.74, 6) is -0.612. The maximum atomic E-state index is 13.2. The van der Waals surface area contributed by atoms with Crippen LogP contribution in [0.25, 0.3) is 0 Å². The first-order valence-corrected chi connectivity index (χ1v) is 14.4. The highest BCUT2D eigenvalue weighted by atomic mass is 16.6. The first kappa shape index (κ1) is 31.2. The molecule has 0 radical (unpaired) electrons. The topological polar surface area (TPSA) is 135 Å². The molecule has 4 amide bonds. The van der Waals surface area contributed by atoms with Crippen molar-refractivity contribution in [3.63, 3.8) is 0 Å². The lowest BCUT2D eigenvalue weighted by molar-refractivity contribution is 0.0466. The highest BCUT2D eigenvalue weighted by Crippen LogP contribution is 2.22. The van der Waals surface area contributed by atoms with Gasteiger partial charge in [0.1, 0.15) is 11.2 Å². The van der Waals surface area contributed by atoms with E-state index in [1.165, 1.54) is 0 Å². The van der Waals surface area contributed by atoms with Crippen LogP contribution >= 0.6 is 0 Å². The summed E-state index contributed by atoms with van der Waals surface area (Å²) in [4.78, 5) is 51.0. The van der Waals surface area contributed by atoms with Gasteiger partial charge >= 0.3 is 12.2 Å². The number of rotatable bonds is 6. The van der Waals surface area contributed by atoms with Crippen LogP contribution in [0.3, 0.4) is 0 Å². The Balaban J connectivity index is 1.62. The van der Waals surface area contributed by atoms with Crippen LogP contribution in [0.4, 0.5) is 9.59 Å².